The number of hydrogen-bond donors (Lipinski definition) is 3. The van der Waals surface area contributed by atoms with E-state index < -0.39 is 0 Å². The third kappa shape index (κ3) is 1.96. The molecule has 0 bridgehead atoms. The summed E-state index contributed by atoms with van der Waals surface area (Å²) in [4.78, 5) is 22.4. The van der Waals surface area contributed by atoms with E-state index in [2.05, 4.69) is 20.3 Å². The van der Waals surface area contributed by atoms with Gasteiger partial charge < -0.3 is 16.0 Å². The summed E-state index contributed by atoms with van der Waals surface area (Å²) in [5, 5.41) is 3.46. The van der Waals surface area contributed by atoms with Crippen molar-refractivity contribution in [2.45, 2.75) is 6.92 Å². The van der Waals surface area contributed by atoms with Crippen molar-refractivity contribution in [1.29, 1.82) is 0 Å². The minimum atomic E-state index is -0.0857. The van der Waals surface area contributed by atoms with Crippen LogP contribution in [0.3, 0.4) is 0 Å². The number of ketones is 1. The smallest absolute Gasteiger partial charge is 0.206 e. The highest BCUT2D eigenvalue weighted by atomic mass is 32.1. The van der Waals surface area contributed by atoms with Gasteiger partial charge in [0.2, 0.25) is 5.95 Å². The average molecular weight is 223 g/mol. The average Bonchev–Trinajstić information content (AvgIpc) is 2.75. The summed E-state index contributed by atoms with van der Waals surface area (Å²) in [6.07, 6.45) is 3.30. The van der Waals surface area contributed by atoms with Gasteiger partial charge in [-0.3, -0.25) is 4.79 Å². The number of nitrogens with zero attached hydrogens (tertiary/aromatic N) is 2. The number of carbonyl (C=O) groups excluding carboxylic acids is 1. The van der Waals surface area contributed by atoms with Crippen LogP contribution in [0.5, 0.6) is 0 Å². The fraction of sp³-hybridized carbons (Fsp3) is 0.125. The van der Waals surface area contributed by atoms with Crippen LogP contribution in [0.4, 0.5) is 16.9 Å². The van der Waals surface area contributed by atoms with Crippen molar-refractivity contribution in [3.05, 3.63) is 17.3 Å². The molecular weight excluding hydrogens is 214 g/mol. The molecule has 2 rings (SSSR count). The van der Waals surface area contributed by atoms with Gasteiger partial charge in [-0.25, -0.2) is 9.97 Å². The highest BCUT2D eigenvalue weighted by Crippen LogP contribution is 2.26. The summed E-state index contributed by atoms with van der Waals surface area (Å²) in [6, 6.07) is 0. The van der Waals surface area contributed by atoms with Gasteiger partial charge in [0, 0.05) is 19.3 Å². The number of nitrogens with two attached hydrogens (primary N) is 1. The molecule has 0 amide bonds. The highest BCUT2D eigenvalue weighted by molar-refractivity contribution is 7.18. The van der Waals surface area contributed by atoms with Gasteiger partial charge in [-0.2, -0.15) is 0 Å². The molecule has 2 aromatic heterocycles. The van der Waals surface area contributed by atoms with Crippen LogP contribution in [-0.4, -0.2) is 20.7 Å². The van der Waals surface area contributed by atoms with Crippen LogP contribution in [0, 0.1) is 0 Å². The van der Waals surface area contributed by atoms with E-state index in [9.17, 15) is 4.79 Å². The van der Waals surface area contributed by atoms with Crippen molar-refractivity contribution in [1.82, 2.24) is 15.0 Å². The molecule has 0 atom stereocenters. The quantitative estimate of drug-likeness (QED) is 0.683. The molecule has 0 radical (unpaired) electrons. The Hall–Kier alpha value is -1.89. The maximum Gasteiger partial charge on any atom is 0.206 e. The largest absolute Gasteiger partial charge is 0.382 e. The number of carbonyl (C=O) groups is 1. The molecular formula is C8H9N5OS. The molecule has 4 N–H and O–H groups in total. The number of nitrogen functional groups attached to an aromatic ring is 1. The molecule has 0 spiro atoms. The normalized spacial score (nSPS) is 10.2. The summed E-state index contributed by atoms with van der Waals surface area (Å²) in [5.74, 6) is 0.734. The number of anilines is 3. The molecule has 0 aliphatic rings. The zero-order chi connectivity index (χ0) is 10.8. The van der Waals surface area contributed by atoms with Crippen molar-refractivity contribution < 1.29 is 4.79 Å². The number of hydrogen-bond acceptors (Lipinski definition) is 6. The molecule has 0 saturated carbocycles. The topological polar surface area (TPSA) is 96.7 Å². The summed E-state index contributed by atoms with van der Waals surface area (Å²) < 4.78 is 0. The maximum atomic E-state index is 11.1. The summed E-state index contributed by atoms with van der Waals surface area (Å²) in [6.45, 7) is 1.46. The predicted octanol–water partition coefficient (Wildman–Crippen LogP) is 1.39. The molecule has 2 aromatic rings. The van der Waals surface area contributed by atoms with Crippen LogP contribution in [-0.2, 0) is 0 Å². The number of H-pyrrole nitrogens is 1. The molecule has 78 valence electrons. The van der Waals surface area contributed by atoms with Crippen molar-refractivity contribution in [3.63, 3.8) is 0 Å². The Labute approximate surface area is 89.6 Å². The van der Waals surface area contributed by atoms with Gasteiger partial charge >= 0.3 is 0 Å². The summed E-state index contributed by atoms with van der Waals surface area (Å²) in [7, 11) is 0. The molecule has 0 aliphatic carbocycles. The van der Waals surface area contributed by atoms with E-state index in [1.165, 1.54) is 18.3 Å². The number of imidazole rings is 1. The lowest BCUT2D eigenvalue weighted by Crippen LogP contribution is -1.95. The van der Waals surface area contributed by atoms with Gasteiger partial charge in [0.15, 0.2) is 10.9 Å². The van der Waals surface area contributed by atoms with Crippen molar-refractivity contribution in [2.75, 3.05) is 11.1 Å². The summed E-state index contributed by atoms with van der Waals surface area (Å²) >= 11 is 1.21. The Morgan fingerprint density at radius 2 is 2.47 bits per heavy atom. The Morgan fingerprint density at radius 3 is 3.00 bits per heavy atom. The SMILES string of the molecule is CC(=O)c1sc(Nc2ncc[nH]2)nc1N. The van der Waals surface area contributed by atoms with Crippen molar-refractivity contribution in [2.24, 2.45) is 0 Å². The van der Waals surface area contributed by atoms with E-state index in [0.717, 1.165) is 0 Å². The third-order valence-corrected chi connectivity index (χ3v) is 2.78. The fourth-order valence-corrected chi connectivity index (χ4v) is 1.85. The first-order chi connectivity index (χ1) is 7.16. The van der Waals surface area contributed by atoms with Gasteiger partial charge in [-0.1, -0.05) is 11.3 Å². The minimum Gasteiger partial charge on any atom is -0.382 e. The second-order valence-electron chi connectivity index (χ2n) is 2.85. The zero-order valence-electron chi connectivity index (χ0n) is 7.94. The van der Waals surface area contributed by atoms with Crippen LogP contribution in [0.25, 0.3) is 0 Å². The lowest BCUT2D eigenvalue weighted by atomic mass is 10.4. The number of aromatic amines is 1. The van der Waals surface area contributed by atoms with Crippen LogP contribution in [0.15, 0.2) is 12.4 Å². The van der Waals surface area contributed by atoms with E-state index in [0.29, 0.717) is 16.0 Å². The summed E-state index contributed by atoms with van der Waals surface area (Å²) in [5.41, 5.74) is 5.58. The van der Waals surface area contributed by atoms with Crippen LogP contribution in [0.2, 0.25) is 0 Å². The van der Waals surface area contributed by atoms with Gasteiger partial charge in [-0.05, 0) is 0 Å². The first kappa shape index (κ1) is 9.66. The molecule has 2 heterocycles. The van der Waals surface area contributed by atoms with Crippen molar-refractivity contribution >= 4 is 34.0 Å². The molecule has 7 heteroatoms. The number of nitrogens with one attached hydrogen (secondary N) is 2. The maximum absolute atomic E-state index is 11.1. The molecule has 6 nitrogen and oxygen atoms in total. The first-order valence-corrected chi connectivity index (χ1v) is 5.02. The van der Waals surface area contributed by atoms with E-state index in [1.54, 1.807) is 12.4 Å². The van der Waals surface area contributed by atoms with Crippen LogP contribution in [0.1, 0.15) is 16.6 Å². The number of thiazole rings is 1. The zero-order valence-corrected chi connectivity index (χ0v) is 8.76. The van der Waals surface area contributed by atoms with Crippen LogP contribution >= 0.6 is 11.3 Å². The van der Waals surface area contributed by atoms with Crippen LogP contribution < -0.4 is 11.1 Å². The first-order valence-electron chi connectivity index (χ1n) is 4.20. The van der Waals surface area contributed by atoms with Gasteiger partial charge in [-0.15, -0.1) is 0 Å². The minimum absolute atomic E-state index is 0.0857. The van der Waals surface area contributed by atoms with Crippen molar-refractivity contribution in [3.8, 4) is 0 Å². The lowest BCUT2D eigenvalue weighted by Gasteiger charge is -1.94. The monoisotopic (exact) mass is 223 g/mol. The van der Waals surface area contributed by atoms with Gasteiger partial charge in [0.25, 0.3) is 0 Å². The molecule has 0 unspecified atom stereocenters. The number of rotatable bonds is 3. The Bertz CT molecular complexity index is 475. The second kappa shape index (κ2) is 3.70. The molecule has 0 aliphatic heterocycles. The highest BCUT2D eigenvalue weighted by Gasteiger charge is 2.12. The fourth-order valence-electron chi connectivity index (χ4n) is 1.07. The Morgan fingerprint density at radius 1 is 1.67 bits per heavy atom. The molecule has 0 fully saturated rings. The third-order valence-electron chi connectivity index (χ3n) is 1.70. The van der Waals surface area contributed by atoms with E-state index in [-0.39, 0.29) is 11.6 Å². The van der Waals surface area contributed by atoms with Gasteiger partial charge in [0.05, 0.1) is 0 Å². The lowest BCUT2D eigenvalue weighted by molar-refractivity contribution is 0.102. The number of Topliss-reactive ketones (excluding diaryl/α,β-unsaturated/α-hetero) is 1. The Balaban J connectivity index is 2.23. The van der Waals surface area contributed by atoms with E-state index in [4.69, 9.17) is 5.73 Å². The number of aromatic nitrogens is 3. The Kier molecular flexibility index (Phi) is 2.38. The predicted molar refractivity (Wildman–Crippen MR) is 58.4 cm³/mol. The molecule has 15 heavy (non-hydrogen) atoms. The standard InChI is InChI=1S/C8H9N5OS/c1-4(14)5-6(9)12-8(15-5)13-7-10-2-3-11-7/h2-3H,9H2,1H3,(H2,10,11,12,13). The second-order valence-corrected chi connectivity index (χ2v) is 3.85. The van der Waals surface area contributed by atoms with E-state index in [1.807, 2.05) is 0 Å². The van der Waals surface area contributed by atoms with E-state index >= 15 is 0 Å². The van der Waals surface area contributed by atoms with Gasteiger partial charge in [0.1, 0.15) is 10.7 Å². The molecule has 0 saturated heterocycles. The molecule has 0 aromatic carbocycles.